The number of rotatable bonds is 4. The van der Waals surface area contributed by atoms with E-state index in [2.05, 4.69) is 15.3 Å². The number of thiophene rings is 1. The van der Waals surface area contributed by atoms with Crippen molar-refractivity contribution in [3.8, 4) is 11.1 Å². The summed E-state index contributed by atoms with van der Waals surface area (Å²) in [5.41, 5.74) is -0.469. The fraction of sp³-hybridized carbons (Fsp3) is 0.182. The van der Waals surface area contributed by atoms with Crippen LogP contribution in [0.4, 0.5) is 37.8 Å². The van der Waals surface area contributed by atoms with Crippen LogP contribution in [-0.2, 0) is 18.8 Å². The number of aryl methyl sites for hydroxylation is 1. The van der Waals surface area contributed by atoms with Crippen LogP contribution in [0, 0.1) is 0 Å². The van der Waals surface area contributed by atoms with Gasteiger partial charge in [0.1, 0.15) is 17.0 Å². The van der Waals surface area contributed by atoms with Crippen molar-refractivity contribution >= 4 is 33.1 Å². The van der Waals surface area contributed by atoms with E-state index in [0.29, 0.717) is 22.3 Å². The molecule has 0 aliphatic rings. The van der Waals surface area contributed by atoms with E-state index in [0.717, 1.165) is 23.1 Å². The average molecular weight is 467 g/mol. The molecule has 10 heteroatoms. The minimum atomic E-state index is -4.94. The first-order valence-electron chi connectivity index (χ1n) is 9.44. The lowest BCUT2D eigenvalue weighted by atomic mass is 10.0. The lowest BCUT2D eigenvalue weighted by molar-refractivity contribution is -0.143. The molecular formula is C22H15F6N3S. The predicted octanol–water partition coefficient (Wildman–Crippen LogP) is 7.70. The smallest absolute Gasteiger partial charge is 0.340 e. The van der Waals surface area contributed by atoms with E-state index in [1.54, 1.807) is 0 Å². The lowest BCUT2D eigenvalue weighted by Gasteiger charge is -2.15. The van der Waals surface area contributed by atoms with Crippen LogP contribution in [0.25, 0.3) is 21.3 Å². The van der Waals surface area contributed by atoms with Crippen LogP contribution < -0.4 is 5.32 Å². The number of halogens is 6. The molecule has 2 aromatic carbocycles. The van der Waals surface area contributed by atoms with E-state index in [-0.39, 0.29) is 17.6 Å². The van der Waals surface area contributed by atoms with Crippen molar-refractivity contribution in [2.45, 2.75) is 25.7 Å². The Morgan fingerprint density at radius 3 is 2.06 bits per heavy atom. The summed E-state index contributed by atoms with van der Waals surface area (Å²) in [6.45, 7) is 2.02. The number of hydrogen-bond acceptors (Lipinski definition) is 4. The number of fused-ring (bicyclic) bond motifs is 1. The third kappa shape index (κ3) is 4.40. The summed E-state index contributed by atoms with van der Waals surface area (Å²) in [5, 5.41) is 5.00. The number of hydrogen-bond donors (Lipinski definition) is 1. The zero-order valence-corrected chi connectivity index (χ0v) is 17.3. The summed E-state index contributed by atoms with van der Waals surface area (Å²) in [7, 11) is 0. The molecule has 0 unspecified atom stereocenters. The summed E-state index contributed by atoms with van der Waals surface area (Å²) < 4.78 is 79.2. The monoisotopic (exact) mass is 467 g/mol. The summed E-state index contributed by atoms with van der Waals surface area (Å²) in [6, 6.07) is 9.07. The van der Waals surface area contributed by atoms with E-state index in [1.807, 2.05) is 36.6 Å². The molecule has 2 heterocycles. The molecule has 0 amide bonds. The second kappa shape index (κ2) is 8.09. The van der Waals surface area contributed by atoms with Gasteiger partial charge in [-0.1, -0.05) is 31.2 Å². The Bertz CT molecular complexity index is 1230. The summed E-state index contributed by atoms with van der Waals surface area (Å²) in [4.78, 5) is 8.84. The van der Waals surface area contributed by atoms with Crippen LogP contribution in [0.2, 0.25) is 0 Å². The highest BCUT2D eigenvalue weighted by Gasteiger charge is 2.37. The Kier molecular flexibility index (Phi) is 5.58. The zero-order chi connectivity index (χ0) is 23.1. The average Bonchev–Trinajstić information content (AvgIpc) is 3.17. The molecular weight excluding hydrogens is 452 g/mol. The molecule has 0 bridgehead atoms. The highest BCUT2D eigenvalue weighted by molar-refractivity contribution is 7.17. The Labute approximate surface area is 182 Å². The third-order valence-corrected chi connectivity index (χ3v) is 5.78. The van der Waals surface area contributed by atoms with E-state index in [4.69, 9.17) is 0 Å². The van der Waals surface area contributed by atoms with Gasteiger partial charge >= 0.3 is 12.4 Å². The van der Waals surface area contributed by atoms with E-state index in [1.165, 1.54) is 17.7 Å². The van der Waals surface area contributed by atoms with Crippen molar-refractivity contribution in [2.75, 3.05) is 5.32 Å². The van der Waals surface area contributed by atoms with Gasteiger partial charge < -0.3 is 5.32 Å². The van der Waals surface area contributed by atoms with Gasteiger partial charge in [-0.15, -0.1) is 11.3 Å². The Morgan fingerprint density at radius 1 is 0.875 bits per heavy atom. The first-order valence-corrected chi connectivity index (χ1v) is 10.3. The maximum atomic E-state index is 13.2. The Hall–Kier alpha value is -3.14. The lowest BCUT2D eigenvalue weighted by Crippen LogP contribution is -2.11. The molecule has 0 saturated carbocycles. The number of nitrogens with one attached hydrogen (secondary N) is 1. The van der Waals surface area contributed by atoms with Crippen molar-refractivity contribution in [1.82, 2.24) is 9.97 Å². The van der Waals surface area contributed by atoms with Crippen molar-refractivity contribution in [3.05, 3.63) is 70.9 Å². The minimum absolute atomic E-state index is 0.0893. The first kappa shape index (κ1) is 22.1. The maximum absolute atomic E-state index is 13.2. The first-order chi connectivity index (χ1) is 15.1. The van der Waals surface area contributed by atoms with Crippen LogP contribution >= 0.6 is 11.3 Å². The fourth-order valence-corrected chi connectivity index (χ4v) is 4.18. The van der Waals surface area contributed by atoms with E-state index < -0.39 is 23.5 Å². The van der Waals surface area contributed by atoms with Gasteiger partial charge in [-0.3, -0.25) is 0 Å². The van der Waals surface area contributed by atoms with Gasteiger partial charge in [-0.05, 0) is 35.7 Å². The Morgan fingerprint density at radius 2 is 1.50 bits per heavy atom. The molecule has 0 radical (unpaired) electrons. The molecule has 0 spiro atoms. The van der Waals surface area contributed by atoms with Crippen LogP contribution in [0.5, 0.6) is 0 Å². The van der Waals surface area contributed by atoms with Crippen molar-refractivity contribution in [1.29, 1.82) is 0 Å². The van der Waals surface area contributed by atoms with Crippen LogP contribution in [0.15, 0.2) is 54.2 Å². The van der Waals surface area contributed by atoms with Gasteiger partial charge in [0, 0.05) is 16.6 Å². The molecule has 32 heavy (non-hydrogen) atoms. The molecule has 0 fully saturated rings. The van der Waals surface area contributed by atoms with Gasteiger partial charge in [0.2, 0.25) is 0 Å². The molecule has 1 N–H and O–H groups in total. The van der Waals surface area contributed by atoms with Gasteiger partial charge in [0.05, 0.1) is 16.5 Å². The minimum Gasteiger partial charge on any atom is -0.340 e. The molecule has 4 aromatic rings. The topological polar surface area (TPSA) is 37.8 Å². The van der Waals surface area contributed by atoms with E-state index >= 15 is 0 Å². The standard InChI is InChI=1S/C22H15F6N3S/c1-2-12-3-5-13(6-4-12)17-10-32-20-18(17)19(29-11-30-20)31-16-8-14(21(23,24)25)7-15(9-16)22(26,27)28/h3-11H,2H2,1H3,(H,29,30,31). The second-order valence-electron chi connectivity index (χ2n) is 7.02. The summed E-state index contributed by atoms with van der Waals surface area (Å²) in [6.07, 6.45) is -7.80. The van der Waals surface area contributed by atoms with Crippen LogP contribution in [0.3, 0.4) is 0 Å². The number of nitrogens with zero attached hydrogens (tertiary/aromatic N) is 2. The highest BCUT2D eigenvalue weighted by Crippen LogP contribution is 2.40. The van der Waals surface area contributed by atoms with Crippen LogP contribution in [0.1, 0.15) is 23.6 Å². The molecule has 0 aliphatic heterocycles. The predicted molar refractivity (Wildman–Crippen MR) is 112 cm³/mol. The fourth-order valence-electron chi connectivity index (χ4n) is 3.27. The van der Waals surface area contributed by atoms with Crippen molar-refractivity contribution < 1.29 is 26.3 Å². The van der Waals surface area contributed by atoms with Crippen LogP contribution in [-0.4, -0.2) is 9.97 Å². The SMILES string of the molecule is CCc1ccc(-c2csc3ncnc(Nc4cc(C(F)(F)F)cc(C(F)(F)F)c4)c23)cc1. The molecule has 3 nitrogen and oxygen atoms in total. The highest BCUT2D eigenvalue weighted by atomic mass is 32.1. The summed E-state index contributed by atoms with van der Waals surface area (Å²) >= 11 is 1.31. The number of benzene rings is 2. The molecule has 166 valence electrons. The van der Waals surface area contributed by atoms with Crippen molar-refractivity contribution in [2.24, 2.45) is 0 Å². The largest absolute Gasteiger partial charge is 0.416 e. The summed E-state index contributed by atoms with van der Waals surface area (Å²) in [5.74, 6) is 0.123. The molecule has 0 saturated heterocycles. The second-order valence-corrected chi connectivity index (χ2v) is 7.88. The molecule has 0 aliphatic carbocycles. The van der Waals surface area contributed by atoms with E-state index in [9.17, 15) is 26.3 Å². The maximum Gasteiger partial charge on any atom is 0.416 e. The normalized spacial score (nSPS) is 12.3. The van der Waals surface area contributed by atoms with Gasteiger partial charge in [-0.25, -0.2) is 9.97 Å². The van der Waals surface area contributed by atoms with Gasteiger partial charge in [0.25, 0.3) is 0 Å². The van der Waals surface area contributed by atoms with Gasteiger partial charge in [0.15, 0.2) is 0 Å². The third-order valence-electron chi connectivity index (χ3n) is 4.89. The van der Waals surface area contributed by atoms with Crippen molar-refractivity contribution in [3.63, 3.8) is 0 Å². The quantitative estimate of drug-likeness (QED) is 0.313. The number of aromatic nitrogens is 2. The molecule has 0 atom stereocenters. The number of alkyl halides is 6. The Balaban J connectivity index is 1.82. The number of anilines is 2. The molecule has 4 rings (SSSR count). The zero-order valence-electron chi connectivity index (χ0n) is 16.5. The molecule has 2 aromatic heterocycles. The van der Waals surface area contributed by atoms with Gasteiger partial charge in [-0.2, -0.15) is 26.3 Å².